The maximum Gasteiger partial charge on any atom is 0.0767 e. The molecule has 0 heterocycles. The van der Waals surface area contributed by atoms with Gasteiger partial charge in [0.15, 0.2) is 0 Å². The molecule has 1 aliphatic rings. The number of hydrogen-bond donors (Lipinski definition) is 1. The lowest BCUT2D eigenvalue weighted by Crippen LogP contribution is -2.30. The van der Waals surface area contributed by atoms with Gasteiger partial charge in [0.05, 0.1) is 14.2 Å². The topological polar surface area (TPSA) is 20.2 Å². The quantitative estimate of drug-likeness (QED) is 0.690. The number of aliphatic hydroxyl groups excluding tert-OH is 1. The van der Waals surface area contributed by atoms with Gasteiger partial charge in [-0.1, -0.05) is 69.9 Å². The fourth-order valence-electron chi connectivity index (χ4n) is 3.04. The largest absolute Gasteiger partial charge is 0.389 e. The molecule has 1 aliphatic carbocycles. The second kappa shape index (κ2) is 7.37. The monoisotopic (exact) mass is 254 g/mol. The van der Waals surface area contributed by atoms with Gasteiger partial charge in [0, 0.05) is 0 Å². The SMILES string of the molecule is CC[Si](/C=C\C(O)C1CCCCC1)(CC)CC. The summed E-state index contributed by atoms with van der Waals surface area (Å²) in [5.41, 5.74) is 2.44. The molecule has 1 saturated carbocycles. The molecule has 1 atom stereocenters. The lowest BCUT2D eigenvalue weighted by atomic mass is 9.85. The van der Waals surface area contributed by atoms with Crippen molar-refractivity contribution in [1.29, 1.82) is 0 Å². The standard InChI is InChI=1S/C15H30OSi/c1-4-17(5-2,6-3)13-12-15(16)14-10-8-7-9-11-14/h12-16H,4-11H2,1-3H3/b13-12-. The molecule has 1 fully saturated rings. The van der Waals surface area contributed by atoms with Gasteiger partial charge >= 0.3 is 0 Å². The zero-order valence-electron chi connectivity index (χ0n) is 11.9. The molecule has 1 N–H and O–H groups in total. The minimum absolute atomic E-state index is 0.174. The Kier molecular flexibility index (Phi) is 6.50. The van der Waals surface area contributed by atoms with E-state index in [0.29, 0.717) is 5.92 Å². The molecule has 0 spiro atoms. The van der Waals surface area contributed by atoms with Crippen LogP contribution in [-0.4, -0.2) is 19.3 Å². The molecule has 1 unspecified atom stereocenters. The minimum atomic E-state index is -1.18. The Morgan fingerprint density at radius 3 is 2.06 bits per heavy atom. The third-order valence-corrected chi connectivity index (χ3v) is 10.0. The van der Waals surface area contributed by atoms with Crippen molar-refractivity contribution in [3.63, 3.8) is 0 Å². The molecule has 0 aromatic rings. The van der Waals surface area contributed by atoms with Gasteiger partial charge in [0.1, 0.15) is 0 Å². The highest BCUT2D eigenvalue weighted by Gasteiger charge is 2.25. The highest BCUT2D eigenvalue weighted by atomic mass is 28.3. The molecule has 2 heteroatoms. The zero-order chi connectivity index (χ0) is 12.7. The molecule has 0 aliphatic heterocycles. The van der Waals surface area contributed by atoms with Crippen molar-refractivity contribution in [2.45, 2.75) is 77.1 Å². The summed E-state index contributed by atoms with van der Waals surface area (Å²) in [5, 5.41) is 10.3. The van der Waals surface area contributed by atoms with E-state index in [1.165, 1.54) is 50.2 Å². The molecule has 0 radical (unpaired) electrons. The summed E-state index contributed by atoms with van der Waals surface area (Å²) in [6.45, 7) is 6.95. The van der Waals surface area contributed by atoms with Gasteiger partial charge in [0.25, 0.3) is 0 Å². The summed E-state index contributed by atoms with van der Waals surface area (Å²) >= 11 is 0. The second-order valence-electron chi connectivity index (χ2n) is 5.67. The van der Waals surface area contributed by atoms with Crippen LogP contribution in [0.3, 0.4) is 0 Å². The maximum absolute atomic E-state index is 10.3. The van der Waals surface area contributed by atoms with Crippen molar-refractivity contribution in [1.82, 2.24) is 0 Å². The Labute approximate surface area is 108 Å². The summed E-state index contributed by atoms with van der Waals surface area (Å²) in [6.07, 6.45) is 8.42. The van der Waals surface area contributed by atoms with E-state index < -0.39 is 8.07 Å². The van der Waals surface area contributed by atoms with Crippen molar-refractivity contribution in [2.75, 3.05) is 0 Å². The number of rotatable bonds is 6. The normalized spacial score (nSPS) is 20.9. The van der Waals surface area contributed by atoms with Crippen molar-refractivity contribution in [3.05, 3.63) is 11.8 Å². The predicted octanol–water partition coefficient (Wildman–Crippen LogP) is 4.53. The van der Waals surface area contributed by atoms with Crippen LogP contribution in [0.2, 0.25) is 18.1 Å². The highest BCUT2D eigenvalue weighted by Crippen LogP contribution is 2.28. The third-order valence-electron chi connectivity index (χ3n) is 4.89. The van der Waals surface area contributed by atoms with Crippen LogP contribution in [0, 0.1) is 5.92 Å². The van der Waals surface area contributed by atoms with Crippen LogP contribution in [0.5, 0.6) is 0 Å². The molecule has 0 bridgehead atoms. The van der Waals surface area contributed by atoms with Crippen LogP contribution in [0.15, 0.2) is 11.8 Å². The third kappa shape index (κ3) is 4.25. The van der Waals surface area contributed by atoms with Gasteiger partial charge in [-0.3, -0.25) is 0 Å². The molecule has 100 valence electrons. The Hall–Kier alpha value is -0.0831. The Bertz CT molecular complexity index is 219. The van der Waals surface area contributed by atoms with Crippen LogP contribution in [0.1, 0.15) is 52.9 Å². The fraction of sp³-hybridized carbons (Fsp3) is 0.867. The summed E-state index contributed by atoms with van der Waals surface area (Å²) < 4.78 is 0. The van der Waals surface area contributed by atoms with Crippen molar-refractivity contribution < 1.29 is 5.11 Å². The Morgan fingerprint density at radius 1 is 1.06 bits per heavy atom. The first-order valence-electron chi connectivity index (χ1n) is 7.55. The minimum Gasteiger partial charge on any atom is -0.389 e. The van der Waals surface area contributed by atoms with Crippen LogP contribution < -0.4 is 0 Å². The molecular formula is C15H30OSi. The maximum atomic E-state index is 10.3. The average molecular weight is 254 g/mol. The second-order valence-corrected chi connectivity index (χ2v) is 10.9. The van der Waals surface area contributed by atoms with E-state index in [1.54, 1.807) is 0 Å². The molecule has 0 amide bonds. The van der Waals surface area contributed by atoms with Gasteiger partial charge < -0.3 is 5.11 Å². The van der Waals surface area contributed by atoms with E-state index in [4.69, 9.17) is 0 Å². The van der Waals surface area contributed by atoms with Crippen LogP contribution in [-0.2, 0) is 0 Å². The summed E-state index contributed by atoms with van der Waals surface area (Å²) in [6, 6.07) is 3.94. The zero-order valence-corrected chi connectivity index (χ0v) is 12.9. The average Bonchev–Trinajstić information content (AvgIpc) is 2.41. The first-order chi connectivity index (χ1) is 8.17. The Balaban J connectivity index is 2.55. The van der Waals surface area contributed by atoms with E-state index in [9.17, 15) is 5.11 Å². The fourth-order valence-corrected chi connectivity index (χ4v) is 5.85. The van der Waals surface area contributed by atoms with E-state index in [1.807, 2.05) is 0 Å². The summed E-state index contributed by atoms with van der Waals surface area (Å²) in [4.78, 5) is 0. The van der Waals surface area contributed by atoms with Gasteiger partial charge in [-0.05, 0) is 18.8 Å². The van der Waals surface area contributed by atoms with E-state index in [2.05, 4.69) is 32.5 Å². The first kappa shape index (κ1) is 15.0. The van der Waals surface area contributed by atoms with Crippen molar-refractivity contribution in [2.24, 2.45) is 5.92 Å². The molecule has 1 rings (SSSR count). The first-order valence-corrected chi connectivity index (χ1v) is 10.2. The van der Waals surface area contributed by atoms with E-state index in [0.717, 1.165) is 0 Å². The van der Waals surface area contributed by atoms with E-state index >= 15 is 0 Å². The van der Waals surface area contributed by atoms with Crippen molar-refractivity contribution in [3.8, 4) is 0 Å². The van der Waals surface area contributed by atoms with Gasteiger partial charge in [-0.25, -0.2) is 0 Å². The van der Waals surface area contributed by atoms with Gasteiger partial charge in [-0.2, -0.15) is 0 Å². The molecule has 1 nitrogen and oxygen atoms in total. The molecule has 0 aromatic heterocycles. The smallest absolute Gasteiger partial charge is 0.0767 e. The molecular weight excluding hydrogens is 224 g/mol. The van der Waals surface area contributed by atoms with Crippen LogP contribution >= 0.6 is 0 Å². The Morgan fingerprint density at radius 2 is 1.59 bits per heavy atom. The lowest BCUT2D eigenvalue weighted by Gasteiger charge is -2.27. The van der Waals surface area contributed by atoms with E-state index in [-0.39, 0.29) is 6.10 Å². The number of aliphatic hydroxyl groups is 1. The summed E-state index contributed by atoms with van der Waals surface area (Å²) in [7, 11) is -1.18. The lowest BCUT2D eigenvalue weighted by molar-refractivity contribution is 0.125. The predicted molar refractivity (Wildman–Crippen MR) is 78.9 cm³/mol. The van der Waals surface area contributed by atoms with Crippen LogP contribution in [0.25, 0.3) is 0 Å². The van der Waals surface area contributed by atoms with Gasteiger partial charge in [-0.15, -0.1) is 0 Å². The summed E-state index contributed by atoms with van der Waals surface area (Å²) in [5.74, 6) is 0.539. The number of hydrogen-bond acceptors (Lipinski definition) is 1. The highest BCUT2D eigenvalue weighted by molar-refractivity contribution is 6.84. The van der Waals surface area contributed by atoms with Crippen LogP contribution in [0.4, 0.5) is 0 Å². The van der Waals surface area contributed by atoms with Gasteiger partial charge in [0.2, 0.25) is 0 Å². The molecule has 17 heavy (non-hydrogen) atoms. The molecule has 0 aromatic carbocycles. The van der Waals surface area contributed by atoms with Crippen molar-refractivity contribution >= 4 is 8.07 Å². The molecule has 0 saturated heterocycles.